The summed E-state index contributed by atoms with van der Waals surface area (Å²) in [5.41, 5.74) is 7.11. The number of hydrogen-bond acceptors (Lipinski definition) is 4. The van der Waals surface area contributed by atoms with E-state index in [1.54, 1.807) is 30.3 Å². The molecule has 0 aliphatic rings. The number of amides is 3. The fourth-order valence-corrected chi connectivity index (χ4v) is 2.80. The summed E-state index contributed by atoms with van der Waals surface area (Å²) in [5.74, 6) is -2.25. The van der Waals surface area contributed by atoms with Gasteiger partial charge in [-0.3, -0.25) is 14.4 Å². The molecule has 0 bridgehead atoms. The lowest BCUT2D eigenvalue weighted by Crippen LogP contribution is -2.54. The molecule has 4 N–H and O–H groups in total. The lowest BCUT2D eigenvalue weighted by Gasteiger charge is -2.22. The maximum absolute atomic E-state index is 13.4. The number of halogens is 1. The maximum Gasteiger partial charge on any atom is 0.243 e. The number of rotatable bonds is 8. The third kappa shape index (κ3) is 6.74. The lowest BCUT2D eigenvalue weighted by atomic mass is 10.0. The second-order valence-corrected chi connectivity index (χ2v) is 6.56. The molecule has 0 aliphatic heterocycles. The summed E-state index contributed by atoms with van der Waals surface area (Å²) in [7, 11) is 0. The van der Waals surface area contributed by atoms with E-state index in [1.165, 1.54) is 25.1 Å². The van der Waals surface area contributed by atoms with Crippen molar-refractivity contribution < 1.29 is 18.8 Å². The standard InChI is InChI=1S/C21H21FN4O3/c1-13(27)25-19(11-16-3-2-4-17(22)9-16)21(29)26-18(20(24)28)10-14-5-7-15(12-23)8-6-14/h2-9,18-19H,10-11H2,1H3,(H2,24,28)(H,25,27)(H,26,29)/t18-,19-/m0/s1. The number of primary amides is 1. The highest BCUT2D eigenvalue weighted by atomic mass is 19.1. The predicted octanol–water partition coefficient (Wildman–Crippen LogP) is 0.957. The van der Waals surface area contributed by atoms with Gasteiger partial charge < -0.3 is 16.4 Å². The maximum atomic E-state index is 13.4. The predicted molar refractivity (Wildman–Crippen MR) is 104 cm³/mol. The summed E-state index contributed by atoms with van der Waals surface area (Å²) >= 11 is 0. The molecule has 0 radical (unpaired) electrons. The Kier molecular flexibility index (Phi) is 7.43. The molecule has 0 spiro atoms. The molecule has 0 saturated carbocycles. The zero-order valence-electron chi connectivity index (χ0n) is 15.8. The van der Waals surface area contributed by atoms with Crippen LogP contribution in [-0.4, -0.2) is 29.8 Å². The molecule has 2 aromatic carbocycles. The smallest absolute Gasteiger partial charge is 0.243 e. The number of benzene rings is 2. The third-order valence-corrected chi connectivity index (χ3v) is 4.21. The normalized spacial score (nSPS) is 12.3. The Hall–Kier alpha value is -3.73. The van der Waals surface area contributed by atoms with E-state index in [9.17, 15) is 18.8 Å². The molecule has 0 aliphatic carbocycles. The minimum Gasteiger partial charge on any atom is -0.368 e. The fraction of sp³-hybridized carbons (Fsp3) is 0.238. The summed E-state index contributed by atoms with van der Waals surface area (Å²) in [6, 6.07) is 12.2. The van der Waals surface area contributed by atoms with Gasteiger partial charge in [0.15, 0.2) is 0 Å². The van der Waals surface area contributed by atoms with Crippen LogP contribution in [0.15, 0.2) is 48.5 Å². The van der Waals surface area contributed by atoms with Crippen molar-refractivity contribution in [3.05, 3.63) is 71.0 Å². The first-order valence-corrected chi connectivity index (χ1v) is 8.88. The first kappa shape index (κ1) is 21.6. The lowest BCUT2D eigenvalue weighted by molar-refractivity contribution is -0.130. The van der Waals surface area contributed by atoms with E-state index >= 15 is 0 Å². The van der Waals surface area contributed by atoms with Crippen molar-refractivity contribution in [3.63, 3.8) is 0 Å². The van der Waals surface area contributed by atoms with Gasteiger partial charge in [0.1, 0.15) is 17.9 Å². The van der Waals surface area contributed by atoms with Crippen LogP contribution in [0, 0.1) is 17.1 Å². The van der Waals surface area contributed by atoms with Gasteiger partial charge in [-0.05, 0) is 35.4 Å². The highest BCUT2D eigenvalue weighted by molar-refractivity contribution is 5.91. The fourth-order valence-electron chi connectivity index (χ4n) is 2.80. The van der Waals surface area contributed by atoms with Gasteiger partial charge in [0.25, 0.3) is 0 Å². The zero-order valence-corrected chi connectivity index (χ0v) is 15.8. The molecule has 0 saturated heterocycles. The molecule has 150 valence electrons. The van der Waals surface area contributed by atoms with Crippen LogP contribution in [0.4, 0.5) is 4.39 Å². The topological polar surface area (TPSA) is 125 Å². The summed E-state index contributed by atoms with van der Waals surface area (Å²) in [5, 5.41) is 13.9. The van der Waals surface area contributed by atoms with Crippen molar-refractivity contribution in [3.8, 4) is 6.07 Å². The number of nitrogens with zero attached hydrogens (tertiary/aromatic N) is 1. The molecule has 0 aromatic heterocycles. The third-order valence-electron chi connectivity index (χ3n) is 4.21. The molecule has 8 heteroatoms. The van der Waals surface area contributed by atoms with Crippen LogP contribution in [0.25, 0.3) is 0 Å². The molecule has 7 nitrogen and oxygen atoms in total. The number of nitriles is 1. The van der Waals surface area contributed by atoms with Gasteiger partial charge in [-0.2, -0.15) is 5.26 Å². The number of hydrogen-bond donors (Lipinski definition) is 3. The van der Waals surface area contributed by atoms with Crippen LogP contribution in [0.2, 0.25) is 0 Å². The number of carbonyl (C=O) groups excluding carboxylic acids is 3. The van der Waals surface area contributed by atoms with Crippen molar-refractivity contribution in [2.75, 3.05) is 0 Å². The minimum absolute atomic E-state index is 0.0471. The van der Waals surface area contributed by atoms with Crippen molar-refractivity contribution in [2.45, 2.75) is 31.8 Å². The Morgan fingerprint density at radius 3 is 2.24 bits per heavy atom. The van der Waals surface area contributed by atoms with Crippen molar-refractivity contribution >= 4 is 17.7 Å². The van der Waals surface area contributed by atoms with Crippen molar-refractivity contribution in [1.82, 2.24) is 10.6 Å². The molecule has 3 amide bonds. The monoisotopic (exact) mass is 396 g/mol. The van der Waals surface area contributed by atoms with Crippen LogP contribution in [0.1, 0.15) is 23.6 Å². The zero-order chi connectivity index (χ0) is 21.4. The van der Waals surface area contributed by atoms with Crippen molar-refractivity contribution in [1.29, 1.82) is 5.26 Å². The molecular formula is C21H21FN4O3. The minimum atomic E-state index is -1.01. The molecule has 0 fully saturated rings. The molecule has 2 aromatic rings. The SMILES string of the molecule is CC(=O)N[C@@H](Cc1cccc(F)c1)C(=O)N[C@@H](Cc1ccc(C#N)cc1)C(N)=O. The van der Waals surface area contributed by atoms with E-state index in [1.807, 2.05) is 6.07 Å². The molecular weight excluding hydrogens is 375 g/mol. The summed E-state index contributed by atoms with van der Waals surface area (Å²) in [4.78, 5) is 36.0. The van der Waals surface area contributed by atoms with Gasteiger partial charge in [-0.1, -0.05) is 24.3 Å². The Labute approximate surface area is 167 Å². The van der Waals surface area contributed by atoms with Gasteiger partial charge in [0.05, 0.1) is 11.6 Å². The van der Waals surface area contributed by atoms with E-state index in [2.05, 4.69) is 10.6 Å². The molecule has 0 unspecified atom stereocenters. The number of carbonyl (C=O) groups is 3. The Balaban J connectivity index is 2.13. The van der Waals surface area contributed by atoms with E-state index in [0.29, 0.717) is 16.7 Å². The first-order valence-electron chi connectivity index (χ1n) is 8.88. The van der Waals surface area contributed by atoms with Crippen LogP contribution < -0.4 is 16.4 Å². The average Bonchev–Trinajstić information content (AvgIpc) is 2.67. The van der Waals surface area contributed by atoms with E-state index in [4.69, 9.17) is 11.0 Å². The van der Waals surface area contributed by atoms with Gasteiger partial charge >= 0.3 is 0 Å². The number of nitrogens with two attached hydrogens (primary N) is 1. The first-order chi connectivity index (χ1) is 13.8. The highest BCUT2D eigenvalue weighted by Crippen LogP contribution is 2.09. The Morgan fingerprint density at radius 1 is 1.03 bits per heavy atom. The molecule has 2 rings (SSSR count). The molecule has 29 heavy (non-hydrogen) atoms. The van der Waals surface area contributed by atoms with Gasteiger partial charge in [-0.15, -0.1) is 0 Å². The highest BCUT2D eigenvalue weighted by Gasteiger charge is 2.25. The Morgan fingerprint density at radius 2 is 1.69 bits per heavy atom. The average molecular weight is 396 g/mol. The summed E-state index contributed by atoms with van der Waals surface area (Å²) in [6.45, 7) is 1.26. The summed E-state index contributed by atoms with van der Waals surface area (Å²) < 4.78 is 13.4. The van der Waals surface area contributed by atoms with E-state index < -0.39 is 35.6 Å². The number of nitrogens with one attached hydrogen (secondary N) is 2. The van der Waals surface area contributed by atoms with Gasteiger partial charge in [0, 0.05) is 19.8 Å². The second-order valence-electron chi connectivity index (χ2n) is 6.56. The Bertz CT molecular complexity index is 938. The molecule has 2 atom stereocenters. The van der Waals surface area contributed by atoms with Gasteiger partial charge in [-0.25, -0.2) is 4.39 Å². The quantitative estimate of drug-likeness (QED) is 0.614. The van der Waals surface area contributed by atoms with E-state index in [-0.39, 0.29) is 12.8 Å². The van der Waals surface area contributed by atoms with Gasteiger partial charge in [0.2, 0.25) is 17.7 Å². The van der Waals surface area contributed by atoms with Crippen molar-refractivity contribution in [2.24, 2.45) is 5.73 Å². The van der Waals surface area contributed by atoms with Crippen LogP contribution in [0.5, 0.6) is 0 Å². The van der Waals surface area contributed by atoms with Crippen LogP contribution in [0.3, 0.4) is 0 Å². The summed E-state index contributed by atoms with van der Waals surface area (Å²) in [6.07, 6.45) is 0.172. The molecule has 0 heterocycles. The largest absolute Gasteiger partial charge is 0.368 e. The second kappa shape index (κ2) is 9.99. The van der Waals surface area contributed by atoms with E-state index in [0.717, 1.165) is 0 Å². The van der Waals surface area contributed by atoms with Crippen LogP contribution in [-0.2, 0) is 27.2 Å². The van der Waals surface area contributed by atoms with Crippen LogP contribution >= 0.6 is 0 Å².